The maximum Gasteiger partial charge on any atom is 0.111 e. The number of benzene rings is 1. The van der Waals surface area contributed by atoms with Gasteiger partial charge in [-0.15, -0.1) is 11.6 Å². The van der Waals surface area contributed by atoms with Crippen molar-refractivity contribution in [2.75, 3.05) is 5.88 Å². The Balaban J connectivity index is 2.18. The summed E-state index contributed by atoms with van der Waals surface area (Å²) in [5.74, 6) is 1.79. The Morgan fingerprint density at radius 3 is 2.86 bits per heavy atom. The Labute approximate surface area is 132 Å². The first-order chi connectivity index (χ1) is 10.0. The molecule has 1 aromatic heterocycles. The number of aromatic nitrogens is 2. The highest BCUT2D eigenvalue weighted by molar-refractivity contribution is 6.17. The Bertz CT molecular complexity index is 642. The maximum atomic E-state index is 6.02. The van der Waals surface area contributed by atoms with Gasteiger partial charge in [-0.3, -0.25) is 0 Å². The van der Waals surface area contributed by atoms with Crippen LogP contribution in [0.4, 0.5) is 0 Å². The smallest absolute Gasteiger partial charge is 0.111 e. The van der Waals surface area contributed by atoms with Crippen LogP contribution >= 0.6 is 11.6 Å². The van der Waals surface area contributed by atoms with Crippen LogP contribution in [-0.4, -0.2) is 15.4 Å². The molecule has 1 heterocycles. The van der Waals surface area contributed by atoms with Gasteiger partial charge in [-0.1, -0.05) is 32.8 Å². The van der Waals surface area contributed by atoms with Crippen molar-refractivity contribution in [3.63, 3.8) is 0 Å². The molecule has 0 spiro atoms. The van der Waals surface area contributed by atoms with Crippen molar-refractivity contribution in [1.29, 1.82) is 0 Å². The molecule has 0 N–H and O–H groups in total. The van der Waals surface area contributed by atoms with Crippen LogP contribution in [-0.2, 0) is 6.42 Å². The summed E-state index contributed by atoms with van der Waals surface area (Å²) in [6, 6.07) is 7.12. The zero-order valence-corrected chi connectivity index (χ0v) is 14.1. The van der Waals surface area contributed by atoms with Crippen molar-refractivity contribution in [3.8, 4) is 0 Å². The van der Waals surface area contributed by atoms with Gasteiger partial charge in [-0.2, -0.15) is 0 Å². The number of alkyl halides is 1. The molecular weight excluding hydrogens is 280 g/mol. The first-order valence-corrected chi connectivity index (χ1v) is 8.60. The second kappa shape index (κ2) is 5.64. The molecule has 1 aliphatic rings. The number of nitrogens with zero attached hydrogens (tertiary/aromatic N) is 2. The van der Waals surface area contributed by atoms with E-state index in [-0.39, 0.29) is 0 Å². The zero-order valence-electron chi connectivity index (χ0n) is 13.3. The summed E-state index contributed by atoms with van der Waals surface area (Å²) in [7, 11) is 0. The minimum Gasteiger partial charge on any atom is -0.324 e. The summed E-state index contributed by atoms with van der Waals surface area (Å²) in [6.07, 6.45) is 6.06. The topological polar surface area (TPSA) is 17.8 Å². The lowest BCUT2D eigenvalue weighted by Gasteiger charge is -2.40. The molecule has 0 radical (unpaired) electrons. The molecule has 21 heavy (non-hydrogen) atoms. The number of hydrogen-bond acceptors (Lipinski definition) is 1. The average molecular weight is 305 g/mol. The van der Waals surface area contributed by atoms with Crippen molar-refractivity contribution >= 4 is 22.6 Å². The van der Waals surface area contributed by atoms with E-state index in [2.05, 4.69) is 43.5 Å². The fourth-order valence-corrected chi connectivity index (χ4v) is 3.98. The molecule has 3 rings (SSSR count). The first kappa shape index (κ1) is 14.9. The van der Waals surface area contributed by atoms with Crippen molar-refractivity contribution in [2.24, 2.45) is 5.41 Å². The fraction of sp³-hybridized carbons (Fsp3) is 0.611. The number of rotatable bonds is 3. The van der Waals surface area contributed by atoms with Gasteiger partial charge >= 0.3 is 0 Å². The summed E-state index contributed by atoms with van der Waals surface area (Å²) < 4.78 is 2.50. The summed E-state index contributed by atoms with van der Waals surface area (Å²) >= 11 is 6.02. The van der Waals surface area contributed by atoms with Gasteiger partial charge in [0.1, 0.15) is 5.82 Å². The lowest BCUT2D eigenvalue weighted by Crippen LogP contribution is -2.31. The zero-order chi connectivity index (χ0) is 15.0. The molecule has 2 aromatic rings. The van der Waals surface area contributed by atoms with Gasteiger partial charge in [-0.05, 0) is 42.9 Å². The number of imidazole rings is 1. The Hall–Kier alpha value is -1.02. The molecule has 1 aliphatic carbocycles. The highest BCUT2D eigenvalue weighted by Crippen LogP contribution is 2.45. The second-order valence-electron chi connectivity index (χ2n) is 7.08. The Morgan fingerprint density at radius 2 is 2.14 bits per heavy atom. The molecular formula is C18H25ClN2. The van der Waals surface area contributed by atoms with E-state index in [4.69, 9.17) is 16.6 Å². The second-order valence-corrected chi connectivity index (χ2v) is 7.46. The SMILES string of the molecule is Cc1ccc2nc(CCCl)n(C3CCCCC3(C)C)c2c1. The van der Waals surface area contributed by atoms with Crippen molar-refractivity contribution < 1.29 is 0 Å². The van der Waals surface area contributed by atoms with Crippen molar-refractivity contribution in [3.05, 3.63) is 29.6 Å². The van der Waals surface area contributed by atoms with E-state index in [1.807, 2.05) is 0 Å². The third kappa shape index (κ3) is 2.70. The predicted octanol–water partition coefficient (Wildman–Crippen LogP) is 5.27. The molecule has 1 saturated carbocycles. The third-order valence-electron chi connectivity index (χ3n) is 5.00. The molecule has 0 amide bonds. The van der Waals surface area contributed by atoms with Gasteiger partial charge in [0.2, 0.25) is 0 Å². The molecule has 1 atom stereocenters. The average Bonchev–Trinajstić information content (AvgIpc) is 2.76. The normalized spacial score (nSPS) is 21.8. The van der Waals surface area contributed by atoms with E-state index in [9.17, 15) is 0 Å². The fourth-order valence-electron chi connectivity index (χ4n) is 3.82. The van der Waals surface area contributed by atoms with E-state index in [0.29, 0.717) is 17.3 Å². The summed E-state index contributed by atoms with van der Waals surface area (Å²) in [4.78, 5) is 4.86. The molecule has 1 aromatic carbocycles. The van der Waals surface area contributed by atoms with Gasteiger partial charge in [0.15, 0.2) is 0 Å². The number of fused-ring (bicyclic) bond motifs is 1. The van der Waals surface area contributed by atoms with E-state index < -0.39 is 0 Å². The van der Waals surface area contributed by atoms with E-state index in [1.54, 1.807) is 0 Å². The van der Waals surface area contributed by atoms with E-state index in [0.717, 1.165) is 17.8 Å². The van der Waals surface area contributed by atoms with Crippen LogP contribution in [0.1, 0.15) is 57.0 Å². The van der Waals surface area contributed by atoms with Crippen LogP contribution in [0.5, 0.6) is 0 Å². The highest BCUT2D eigenvalue weighted by Gasteiger charge is 2.35. The molecule has 0 saturated heterocycles. The third-order valence-corrected chi connectivity index (χ3v) is 5.19. The van der Waals surface area contributed by atoms with Crippen LogP contribution in [0.3, 0.4) is 0 Å². The Morgan fingerprint density at radius 1 is 1.33 bits per heavy atom. The lowest BCUT2D eigenvalue weighted by atomic mass is 9.73. The summed E-state index contributed by atoms with van der Waals surface area (Å²) in [6.45, 7) is 6.97. The molecule has 1 unspecified atom stereocenters. The van der Waals surface area contributed by atoms with Crippen molar-refractivity contribution in [1.82, 2.24) is 9.55 Å². The van der Waals surface area contributed by atoms with Crippen LogP contribution in [0.15, 0.2) is 18.2 Å². The number of aryl methyl sites for hydroxylation is 2. The first-order valence-electron chi connectivity index (χ1n) is 8.06. The van der Waals surface area contributed by atoms with Gasteiger partial charge < -0.3 is 4.57 Å². The standard InChI is InChI=1S/C18H25ClN2/c1-13-7-8-14-15(12-13)21(17(20-14)9-11-19)16-6-4-5-10-18(16,2)3/h7-8,12,16H,4-6,9-11H2,1-3H3. The predicted molar refractivity (Wildman–Crippen MR) is 90.2 cm³/mol. The number of hydrogen-bond donors (Lipinski definition) is 0. The van der Waals surface area contributed by atoms with Crippen LogP contribution in [0.2, 0.25) is 0 Å². The summed E-state index contributed by atoms with van der Waals surface area (Å²) in [5, 5.41) is 0. The van der Waals surface area contributed by atoms with E-state index in [1.165, 1.54) is 36.8 Å². The minimum atomic E-state index is 0.330. The largest absolute Gasteiger partial charge is 0.324 e. The molecule has 2 nitrogen and oxygen atoms in total. The van der Waals surface area contributed by atoms with Crippen molar-refractivity contribution in [2.45, 2.75) is 58.9 Å². The molecule has 3 heteroatoms. The van der Waals surface area contributed by atoms with Crippen LogP contribution in [0, 0.1) is 12.3 Å². The number of halogens is 1. The minimum absolute atomic E-state index is 0.330. The Kier molecular flexibility index (Phi) is 4.00. The van der Waals surface area contributed by atoms with Gasteiger partial charge in [0, 0.05) is 18.3 Å². The molecule has 1 fully saturated rings. The van der Waals surface area contributed by atoms with Crippen LogP contribution < -0.4 is 0 Å². The van der Waals surface area contributed by atoms with Gasteiger partial charge in [0.05, 0.1) is 11.0 Å². The molecule has 0 bridgehead atoms. The maximum absolute atomic E-state index is 6.02. The summed E-state index contributed by atoms with van der Waals surface area (Å²) in [5.41, 5.74) is 4.03. The molecule has 114 valence electrons. The monoisotopic (exact) mass is 304 g/mol. The lowest BCUT2D eigenvalue weighted by molar-refractivity contribution is 0.145. The highest BCUT2D eigenvalue weighted by atomic mass is 35.5. The van der Waals surface area contributed by atoms with Crippen LogP contribution in [0.25, 0.3) is 11.0 Å². The van der Waals surface area contributed by atoms with Gasteiger partial charge in [-0.25, -0.2) is 4.98 Å². The van der Waals surface area contributed by atoms with E-state index >= 15 is 0 Å². The molecule has 0 aliphatic heterocycles. The quantitative estimate of drug-likeness (QED) is 0.707. The van der Waals surface area contributed by atoms with Gasteiger partial charge in [0.25, 0.3) is 0 Å².